The standard InChI is InChI=1S/C17H19N3O3S2/c1-6-11-9(2)7-12(24-11)15-18-10(16(21)23-15)8-13-14(22-5)19-17(25-13)20(3)4/h7-8H,6H2,1-5H3. The van der Waals surface area contributed by atoms with Crippen molar-refractivity contribution in [1.29, 1.82) is 0 Å². The maximum Gasteiger partial charge on any atom is 0.363 e. The first-order chi connectivity index (χ1) is 11.9. The SMILES string of the molecule is CCc1sc(C2=NC(=Cc3sc(N(C)C)nc3OC)C(=O)O2)cc1C. The molecule has 2 aromatic rings. The van der Waals surface area contributed by atoms with Crippen LogP contribution >= 0.6 is 22.7 Å². The lowest BCUT2D eigenvalue weighted by Gasteiger charge is -2.04. The van der Waals surface area contributed by atoms with E-state index in [4.69, 9.17) is 9.47 Å². The molecule has 0 aliphatic carbocycles. The van der Waals surface area contributed by atoms with Gasteiger partial charge >= 0.3 is 5.97 Å². The van der Waals surface area contributed by atoms with Crippen molar-refractivity contribution in [2.75, 3.05) is 26.1 Å². The lowest BCUT2D eigenvalue weighted by Crippen LogP contribution is -2.07. The number of cyclic esters (lactones) is 1. The minimum absolute atomic E-state index is 0.256. The molecule has 0 spiro atoms. The molecule has 0 amide bonds. The topological polar surface area (TPSA) is 64.0 Å². The smallest absolute Gasteiger partial charge is 0.363 e. The Morgan fingerprint density at radius 1 is 1.36 bits per heavy atom. The number of thiophene rings is 1. The molecule has 1 aliphatic heterocycles. The number of esters is 1. The number of thiazole rings is 1. The minimum atomic E-state index is -0.457. The Hall–Kier alpha value is -2.19. The summed E-state index contributed by atoms with van der Waals surface area (Å²) in [7, 11) is 5.36. The van der Waals surface area contributed by atoms with Gasteiger partial charge in [-0.1, -0.05) is 18.3 Å². The van der Waals surface area contributed by atoms with Gasteiger partial charge in [-0.2, -0.15) is 4.98 Å². The third-order valence-corrected chi connectivity index (χ3v) is 6.15. The fourth-order valence-electron chi connectivity index (χ4n) is 2.35. The lowest BCUT2D eigenvalue weighted by atomic mass is 10.2. The van der Waals surface area contributed by atoms with Crippen molar-refractivity contribution in [3.63, 3.8) is 0 Å². The molecule has 0 aromatic carbocycles. The van der Waals surface area contributed by atoms with E-state index in [0.29, 0.717) is 11.8 Å². The van der Waals surface area contributed by atoms with Crippen molar-refractivity contribution >= 4 is 45.7 Å². The number of carbonyl (C=O) groups is 1. The van der Waals surface area contributed by atoms with Crippen LogP contribution in [0.5, 0.6) is 5.88 Å². The van der Waals surface area contributed by atoms with Crippen LogP contribution in [0.3, 0.4) is 0 Å². The average Bonchev–Trinajstić information content (AvgIpc) is 3.25. The maximum atomic E-state index is 12.2. The molecule has 3 rings (SSSR count). The number of methoxy groups -OCH3 is 1. The Morgan fingerprint density at radius 2 is 2.12 bits per heavy atom. The van der Waals surface area contributed by atoms with Crippen molar-refractivity contribution in [2.45, 2.75) is 20.3 Å². The summed E-state index contributed by atoms with van der Waals surface area (Å²) < 4.78 is 10.7. The number of aromatic nitrogens is 1. The maximum absolute atomic E-state index is 12.2. The summed E-state index contributed by atoms with van der Waals surface area (Å²) in [5.41, 5.74) is 1.45. The van der Waals surface area contributed by atoms with Crippen LogP contribution in [0.15, 0.2) is 16.8 Å². The number of aryl methyl sites for hydroxylation is 2. The molecule has 1 aliphatic rings. The van der Waals surface area contributed by atoms with E-state index in [1.165, 1.54) is 21.8 Å². The Kier molecular flexibility index (Phi) is 4.91. The minimum Gasteiger partial charge on any atom is -0.480 e. The summed E-state index contributed by atoms with van der Waals surface area (Å²) in [6.45, 7) is 4.16. The number of anilines is 1. The van der Waals surface area contributed by atoms with E-state index in [1.54, 1.807) is 24.5 Å². The molecule has 25 heavy (non-hydrogen) atoms. The van der Waals surface area contributed by atoms with Gasteiger partial charge in [0.1, 0.15) is 0 Å². The van der Waals surface area contributed by atoms with Gasteiger partial charge in [0, 0.05) is 19.0 Å². The van der Waals surface area contributed by atoms with Crippen LogP contribution in [0.4, 0.5) is 5.13 Å². The summed E-state index contributed by atoms with van der Waals surface area (Å²) in [5, 5.41) is 0.792. The summed E-state index contributed by atoms with van der Waals surface area (Å²) >= 11 is 3.03. The number of nitrogens with zero attached hydrogens (tertiary/aromatic N) is 3. The van der Waals surface area contributed by atoms with Gasteiger partial charge < -0.3 is 14.4 Å². The second-order valence-corrected chi connectivity index (χ2v) is 7.82. The van der Waals surface area contributed by atoms with Gasteiger partial charge in [0.2, 0.25) is 11.8 Å². The predicted molar refractivity (Wildman–Crippen MR) is 102 cm³/mol. The van der Waals surface area contributed by atoms with E-state index < -0.39 is 5.97 Å². The quantitative estimate of drug-likeness (QED) is 0.589. The molecule has 2 aromatic heterocycles. The predicted octanol–water partition coefficient (Wildman–Crippen LogP) is 3.49. The van der Waals surface area contributed by atoms with Crippen LogP contribution in [0, 0.1) is 6.92 Å². The number of carbonyl (C=O) groups excluding carboxylic acids is 1. The summed E-state index contributed by atoms with van der Waals surface area (Å²) in [6.07, 6.45) is 2.62. The molecule has 0 bridgehead atoms. The highest BCUT2D eigenvalue weighted by Gasteiger charge is 2.27. The first-order valence-corrected chi connectivity index (χ1v) is 9.40. The van der Waals surface area contributed by atoms with E-state index in [0.717, 1.165) is 21.3 Å². The Labute approximate surface area is 154 Å². The Balaban J connectivity index is 1.95. The number of rotatable bonds is 5. The van der Waals surface area contributed by atoms with Crippen LogP contribution in [0.25, 0.3) is 6.08 Å². The van der Waals surface area contributed by atoms with Gasteiger partial charge in [0.15, 0.2) is 10.8 Å². The van der Waals surface area contributed by atoms with Crippen LogP contribution in [0.2, 0.25) is 0 Å². The molecule has 8 heteroatoms. The van der Waals surface area contributed by atoms with E-state index >= 15 is 0 Å². The van der Waals surface area contributed by atoms with Crippen LogP contribution in [-0.4, -0.2) is 38.1 Å². The van der Waals surface area contributed by atoms with Gasteiger partial charge in [-0.3, -0.25) is 0 Å². The second-order valence-electron chi connectivity index (χ2n) is 5.67. The highest BCUT2D eigenvalue weighted by molar-refractivity contribution is 7.16. The van der Waals surface area contributed by atoms with E-state index in [1.807, 2.05) is 25.1 Å². The summed E-state index contributed by atoms with van der Waals surface area (Å²) in [5.74, 6) is 0.374. The summed E-state index contributed by atoms with van der Waals surface area (Å²) in [6, 6.07) is 2.01. The van der Waals surface area contributed by atoms with Crippen molar-refractivity contribution in [1.82, 2.24) is 4.98 Å². The molecule has 0 saturated carbocycles. The molecule has 132 valence electrons. The first-order valence-electron chi connectivity index (χ1n) is 7.77. The zero-order chi connectivity index (χ0) is 18.1. The molecule has 0 radical (unpaired) electrons. The monoisotopic (exact) mass is 377 g/mol. The fraction of sp³-hybridized carbons (Fsp3) is 0.353. The third kappa shape index (κ3) is 3.45. The molecule has 6 nitrogen and oxygen atoms in total. The molecular weight excluding hydrogens is 358 g/mol. The van der Waals surface area contributed by atoms with E-state index in [9.17, 15) is 4.79 Å². The van der Waals surface area contributed by atoms with Crippen LogP contribution in [-0.2, 0) is 16.0 Å². The molecule has 3 heterocycles. The van der Waals surface area contributed by atoms with Crippen LogP contribution < -0.4 is 9.64 Å². The van der Waals surface area contributed by atoms with Gasteiger partial charge in [0.25, 0.3) is 0 Å². The summed E-state index contributed by atoms with van der Waals surface area (Å²) in [4.78, 5) is 25.7. The fourth-order valence-corrected chi connectivity index (χ4v) is 4.29. The number of ether oxygens (including phenoxy) is 2. The van der Waals surface area contributed by atoms with Crippen molar-refractivity contribution in [3.05, 3.63) is 32.0 Å². The van der Waals surface area contributed by atoms with Gasteiger partial charge in [-0.15, -0.1) is 11.3 Å². The molecule has 0 unspecified atom stereocenters. The average molecular weight is 377 g/mol. The van der Waals surface area contributed by atoms with Gasteiger partial charge in [-0.25, -0.2) is 9.79 Å². The van der Waals surface area contributed by atoms with Crippen molar-refractivity contribution in [2.24, 2.45) is 4.99 Å². The largest absolute Gasteiger partial charge is 0.480 e. The van der Waals surface area contributed by atoms with Crippen molar-refractivity contribution < 1.29 is 14.3 Å². The zero-order valence-electron chi connectivity index (χ0n) is 14.7. The van der Waals surface area contributed by atoms with Gasteiger partial charge in [0.05, 0.1) is 16.9 Å². The lowest BCUT2D eigenvalue weighted by molar-refractivity contribution is -0.129. The normalized spacial score (nSPS) is 15.5. The van der Waals surface area contributed by atoms with Gasteiger partial charge in [-0.05, 0) is 31.1 Å². The number of hydrogen-bond donors (Lipinski definition) is 0. The van der Waals surface area contributed by atoms with Crippen LogP contribution in [0.1, 0.15) is 27.1 Å². The second kappa shape index (κ2) is 6.97. The zero-order valence-corrected chi connectivity index (χ0v) is 16.4. The highest BCUT2D eigenvalue weighted by atomic mass is 32.1. The van der Waals surface area contributed by atoms with E-state index in [-0.39, 0.29) is 5.70 Å². The highest BCUT2D eigenvalue weighted by Crippen LogP contribution is 2.34. The molecular formula is C17H19N3O3S2. The molecule has 0 fully saturated rings. The van der Waals surface area contributed by atoms with E-state index in [2.05, 4.69) is 23.8 Å². The Morgan fingerprint density at radius 3 is 2.72 bits per heavy atom. The molecule has 0 atom stereocenters. The molecule has 0 saturated heterocycles. The third-order valence-electron chi connectivity index (χ3n) is 3.63. The van der Waals surface area contributed by atoms with Crippen molar-refractivity contribution in [3.8, 4) is 5.88 Å². The Bertz CT molecular complexity index is 878. The number of hydrogen-bond acceptors (Lipinski definition) is 8. The number of aliphatic imine (C=N–C) groups is 1. The molecule has 0 N–H and O–H groups in total. The first kappa shape index (κ1) is 17.6.